The maximum Gasteiger partial charge on any atom is 0.337 e. The van der Waals surface area contributed by atoms with Gasteiger partial charge in [-0.2, -0.15) is 0 Å². The van der Waals surface area contributed by atoms with Crippen LogP contribution in [0.3, 0.4) is 0 Å². The standard InChI is InChI=1S/C11H10N4O4S/c1-5-6(2)20-11(13-5)14-9-8(15(18)19)3-7(4-12-9)10(16)17/h3-4H,1-2H3,(H,16,17)(H,12,13,14). The van der Waals surface area contributed by atoms with Gasteiger partial charge in [0.05, 0.1) is 16.2 Å². The fraction of sp³-hybridized carbons (Fsp3) is 0.182. The number of nitrogens with zero attached hydrogens (tertiary/aromatic N) is 3. The van der Waals surface area contributed by atoms with Crippen LogP contribution in [-0.4, -0.2) is 26.0 Å². The van der Waals surface area contributed by atoms with Crippen molar-refractivity contribution < 1.29 is 14.8 Å². The van der Waals surface area contributed by atoms with Crippen LogP contribution < -0.4 is 5.32 Å². The average molecular weight is 294 g/mol. The van der Waals surface area contributed by atoms with E-state index in [0.717, 1.165) is 22.8 Å². The first-order valence-corrected chi connectivity index (χ1v) is 6.29. The molecule has 0 radical (unpaired) electrons. The van der Waals surface area contributed by atoms with Gasteiger partial charge in [-0.15, -0.1) is 11.3 Å². The van der Waals surface area contributed by atoms with E-state index in [4.69, 9.17) is 5.11 Å². The van der Waals surface area contributed by atoms with Crippen molar-refractivity contribution in [1.82, 2.24) is 9.97 Å². The summed E-state index contributed by atoms with van der Waals surface area (Å²) in [7, 11) is 0. The number of pyridine rings is 1. The Kier molecular flexibility index (Phi) is 3.61. The van der Waals surface area contributed by atoms with Gasteiger partial charge in [-0.05, 0) is 13.8 Å². The Morgan fingerprint density at radius 2 is 2.20 bits per heavy atom. The molecular formula is C11H10N4O4S. The number of aryl methyl sites for hydroxylation is 2. The molecule has 0 saturated carbocycles. The Labute approximate surface area is 117 Å². The average Bonchev–Trinajstić information content (AvgIpc) is 2.68. The number of hydrogen-bond acceptors (Lipinski definition) is 7. The van der Waals surface area contributed by atoms with Gasteiger partial charge in [-0.25, -0.2) is 14.8 Å². The Bertz CT molecular complexity index is 678. The van der Waals surface area contributed by atoms with Gasteiger partial charge in [0.1, 0.15) is 0 Å². The number of carboxylic acids is 1. The number of anilines is 2. The summed E-state index contributed by atoms with van der Waals surface area (Å²) < 4.78 is 0. The van der Waals surface area contributed by atoms with E-state index in [0.29, 0.717) is 5.13 Å². The summed E-state index contributed by atoms with van der Waals surface area (Å²) in [6, 6.07) is 0.963. The first-order valence-electron chi connectivity index (χ1n) is 5.47. The Morgan fingerprint density at radius 3 is 2.70 bits per heavy atom. The first kappa shape index (κ1) is 13.9. The van der Waals surface area contributed by atoms with E-state index in [-0.39, 0.29) is 11.4 Å². The number of carbonyl (C=O) groups is 1. The van der Waals surface area contributed by atoms with Crippen LogP contribution in [0.15, 0.2) is 12.3 Å². The third kappa shape index (κ3) is 2.72. The zero-order valence-corrected chi connectivity index (χ0v) is 11.4. The molecule has 2 aromatic heterocycles. The molecule has 0 aliphatic carbocycles. The largest absolute Gasteiger partial charge is 0.478 e. The van der Waals surface area contributed by atoms with E-state index in [1.54, 1.807) is 0 Å². The molecule has 0 aromatic carbocycles. The van der Waals surface area contributed by atoms with Crippen LogP contribution in [0.4, 0.5) is 16.6 Å². The minimum absolute atomic E-state index is 0.0336. The molecule has 2 rings (SSSR count). The van der Waals surface area contributed by atoms with Gasteiger partial charge in [0.15, 0.2) is 5.13 Å². The topological polar surface area (TPSA) is 118 Å². The normalized spacial score (nSPS) is 10.3. The predicted octanol–water partition coefficient (Wildman–Crippen LogP) is 2.50. The van der Waals surface area contributed by atoms with Crippen LogP contribution in [0.1, 0.15) is 20.9 Å². The van der Waals surface area contributed by atoms with Crippen LogP contribution in [-0.2, 0) is 0 Å². The summed E-state index contributed by atoms with van der Waals surface area (Å²) in [5.41, 5.74) is 0.173. The third-order valence-corrected chi connectivity index (χ3v) is 3.55. The van der Waals surface area contributed by atoms with Gasteiger partial charge >= 0.3 is 11.7 Å². The van der Waals surface area contributed by atoms with Gasteiger partial charge in [0.25, 0.3) is 0 Å². The third-order valence-electron chi connectivity index (χ3n) is 2.57. The van der Waals surface area contributed by atoms with Crippen molar-refractivity contribution in [2.24, 2.45) is 0 Å². The van der Waals surface area contributed by atoms with Crippen molar-refractivity contribution in [1.29, 1.82) is 0 Å². The van der Waals surface area contributed by atoms with Crippen LogP contribution in [0.2, 0.25) is 0 Å². The summed E-state index contributed by atoms with van der Waals surface area (Å²) in [4.78, 5) is 30.1. The predicted molar refractivity (Wildman–Crippen MR) is 72.7 cm³/mol. The fourth-order valence-electron chi connectivity index (χ4n) is 1.43. The van der Waals surface area contributed by atoms with Crippen molar-refractivity contribution in [2.75, 3.05) is 5.32 Å². The summed E-state index contributed by atoms with van der Waals surface area (Å²) in [5, 5.41) is 23.0. The molecule has 104 valence electrons. The van der Waals surface area contributed by atoms with E-state index in [1.807, 2.05) is 13.8 Å². The zero-order chi connectivity index (χ0) is 14.9. The number of nitrogens with one attached hydrogen (secondary N) is 1. The van der Waals surface area contributed by atoms with Gasteiger partial charge < -0.3 is 10.4 Å². The van der Waals surface area contributed by atoms with Crippen molar-refractivity contribution in [3.05, 3.63) is 38.5 Å². The monoisotopic (exact) mass is 294 g/mol. The molecule has 0 bridgehead atoms. The van der Waals surface area contributed by atoms with Crippen molar-refractivity contribution in [3.63, 3.8) is 0 Å². The van der Waals surface area contributed by atoms with E-state index in [9.17, 15) is 14.9 Å². The number of rotatable bonds is 4. The number of carboxylic acid groups (broad SMARTS) is 1. The molecule has 0 aliphatic heterocycles. The molecule has 0 aliphatic rings. The minimum Gasteiger partial charge on any atom is -0.478 e. The first-order chi connectivity index (χ1) is 9.38. The van der Waals surface area contributed by atoms with Crippen molar-refractivity contribution in [2.45, 2.75) is 13.8 Å². The highest BCUT2D eigenvalue weighted by Gasteiger charge is 2.20. The summed E-state index contributed by atoms with van der Waals surface area (Å²) >= 11 is 1.34. The lowest BCUT2D eigenvalue weighted by Crippen LogP contribution is -2.04. The molecule has 20 heavy (non-hydrogen) atoms. The number of hydrogen-bond donors (Lipinski definition) is 2. The second kappa shape index (κ2) is 5.21. The molecule has 0 atom stereocenters. The second-order valence-corrected chi connectivity index (χ2v) is 5.14. The lowest BCUT2D eigenvalue weighted by molar-refractivity contribution is -0.384. The highest BCUT2D eigenvalue weighted by Crippen LogP contribution is 2.29. The van der Waals surface area contributed by atoms with Gasteiger partial charge in [0, 0.05) is 17.1 Å². The molecule has 0 amide bonds. The van der Waals surface area contributed by atoms with Crippen molar-refractivity contribution >= 4 is 33.9 Å². The number of aromatic carboxylic acids is 1. The van der Waals surface area contributed by atoms with Gasteiger partial charge in [-0.3, -0.25) is 10.1 Å². The summed E-state index contributed by atoms with van der Waals surface area (Å²) in [6.45, 7) is 3.71. The molecule has 2 N–H and O–H groups in total. The van der Waals surface area contributed by atoms with E-state index in [1.165, 1.54) is 11.3 Å². The maximum absolute atomic E-state index is 11.0. The molecular weight excluding hydrogens is 284 g/mol. The summed E-state index contributed by atoms with van der Waals surface area (Å²) in [5.74, 6) is -1.30. The highest BCUT2D eigenvalue weighted by molar-refractivity contribution is 7.15. The number of nitro groups is 1. The Hall–Kier alpha value is -2.55. The molecule has 8 nitrogen and oxygen atoms in total. The highest BCUT2D eigenvalue weighted by atomic mass is 32.1. The van der Waals surface area contributed by atoms with Crippen LogP contribution >= 0.6 is 11.3 Å². The molecule has 2 heterocycles. The quantitative estimate of drug-likeness (QED) is 0.656. The van der Waals surface area contributed by atoms with Crippen LogP contribution in [0, 0.1) is 24.0 Å². The Balaban J connectivity index is 2.40. The van der Waals surface area contributed by atoms with E-state index < -0.39 is 16.6 Å². The molecule has 0 fully saturated rings. The minimum atomic E-state index is -1.27. The van der Waals surface area contributed by atoms with E-state index >= 15 is 0 Å². The second-order valence-electron chi connectivity index (χ2n) is 3.94. The molecule has 2 aromatic rings. The van der Waals surface area contributed by atoms with E-state index in [2.05, 4.69) is 15.3 Å². The molecule has 9 heteroatoms. The molecule has 0 saturated heterocycles. The zero-order valence-electron chi connectivity index (χ0n) is 10.6. The van der Waals surface area contributed by atoms with Gasteiger partial charge in [0.2, 0.25) is 5.82 Å². The lowest BCUT2D eigenvalue weighted by atomic mass is 10.2. The lowest BCUT2D eigenvalue weighted by Gasteiger charge is -2.03. The van der Waals surface area contributed by atoms with Crippen LogP contribution in [0.5, 0.6) is 0 Å². The molecule has 0 unspecified atom stereocenters. The van der Waals surface area contributed by atoms with Crippen molar-refractivity contribution in [3.8, 4) is 0 Å². The number of thiazole rings is 1. The maximum atomic E-state index is 11.0. The Morgan fingerprint density at radius 1 is 1.50 bits per heavy atom. The fourth-order valence-corrected chi connectivity index (χ4v) is 2.25. The number of aromatic nitrogens is 2. The summed E-state index contributed by atoms with van der Waals surface area (Å²) in [6.07, 6.45) is 1.06. The molecule has 0 spiro atoms. The SMILES string of the molecule is Cc1nc(Nc2ncc(C(=O)O)cc2[N+](=O)[O-])sc1C. The van der Waals surface area contributed by atoms with Gasteiger partial charge in [-0.1, -0.05) is 0 Å². The van der Waals surface area contributed by atoms with Crippen LogP contribution in [0.25, 0.3) is 0 Å². The smallest absolute Gasteiger partial charge is 0.337 e.